The zero-order chi connectivity index (χ0) is 15.4. The van der Waals surface area contributed by atoms with Crippen LogP contribution < -0.4 is 11.1 Å². The van der Waals surface area contributed by atoms with Gasteiger partial charge in [0.05, 0.1) is 5.75 Å². The molecule has 0 heterocycles. The van der Waals surface area contributed by atoms with E-state index >= 15 is 0 Å². The van der Waals surface area contributed by atoms with Gasteiger partial charge in [-0.05, 0) is 42.8 Å². The Labute approximate surface area is 131 Å². The molecular weight excluding hydrogens is 311 g/mol. The molecule has 0 saturated heterocycles. The van der Waals surface area contributed by atoms with E-state index in [1.54, 1.807) is 12.1 Å². The van der Waals surface area contributed by atoms with E-state index in [0.29, 0.717) is 21.3 Å². The van der Waals surface area contributed by atoms with Crippen molar-refractivity contribution in [3.8, 4) is 0 Å². The van der Waals surface area contributed by atoms with Gasteiger partial charge in [-0.3, -0.25) is 4.79 Å². The van der Waals surface area contributed by atoms with Crippen LogP contribution in [-0.4, -0.2) is 11.7 Å². The van der Waals surface area contributed by atoms with Crippen LogP contribution in [0.25, 0.3) is 0 Å². The van der Waals surface area contributed by atoms with E-state index in [-0.39, 0.29) is 17.5 Å². The third-order valence-corrected chi connectivity index (χ3v) is 4.11. The Morgan fingerprint density at radius 1 is 1.33 bits per heavy atom. The summed E-state index contributed by atoms with van der Waals surface area (Å²) in [7, 11) is 0. The normalized spacial score (nSPS) is 10.4. The molecule has 0 saturated carbocycles. The van der Waals surface area contributed by atoms with Crippen molar-refractivity contribution in [2.24, 2.45) is 0 Å². The molecule has 2 rings (SSSR count). The van der Waals surface area contributed by atoms with Crippen molar-refractivity contribution >= 4 is 40.6 Å². The quantitative estimate of drug-likeness (QED) is 0.657. The van der Waals surface area contributed by atoms with Gasteiger partial charge in [0.2, 0.25) is 5.91 Å². The molecule has 0 aliphatic rings. The summed E-state index contributed by atoms with van der Waals surface area (Å²) in [4.78, 5) is 12.5. The van der Waals surface area contributed by atoms with Crippen LogP contribution in [-0.2, 0) is 4.79 Å². The average Bonchev–Trinajstić information content (AvgIpc) is 2.44. The first-order valence-corrected chi connectivity index (χ1v) is 7.56. The molecule has 0 radical (unpaired) electrons. The molecule has 3 nitrogen and oxygen atoms in total. The molecule has 0 spiro atoms. The predicted octanol–water partition coefficient (Wildman–Crippen LogP) is 4.10. The maximum absolute atomic E-state index is 13.1. The Kier molecular flexibility index (Phi) is 5.09. The number of amides is 1. The van der Waals surface area contributed by atoms with Crippen molar-refractivity contribution < 1.29 is 9.18 Å². The zero-order valence-electron chi connectivity index (χ0n) is 11.3. The van der Waals surface area contributed by atoms with E-state index in [1.165, 1.54) is 30.0 Å². The minimum atomic E-state index is -0.377. The molecule has 21 heavy (non-hydrogen) atoms. The number of hydrogen-bond donors (Lipinski definition) is 2. The maximum Gasteiger partial charge on any atom is 0.234 e. The zero-order valence-corrected chi connectivity index (χ0v) is 12.9. The lowest BCUT2D eigenvalue weighted by atomic mass is 10.2. The van der Waals surface area contributed by atoms with Crippen LogP contribution in [0.4, 0.5) is 15.8 Å². The number of halogens is 2. The van der Waals surface area contributed by atoms with Crippen LogP contribution in [0.3, 0.4) is 0 Å². The van der Waals surface area contributed by atoms with E-state index in [0.717, 1.165) is 5.56 Å². The Balaban J connectivity index is 1.99. The number of carbonyl (C=O) groups is 1. The van der Waals surface area contributed by atoms with Crippen molar-refractivity contribution in [3.05, 3.63) is 52.8 Å². The highest BCUT2D eigenvalue weighted by Crippen LogP contribution is 2.26. The summed E-state index contributed by atoms with van der Waals surface area (Å²) in [5, 5.41) is 3.33. The summed E-state index contributed by atoms with van der Waals surface area (Å²) in [5.74, 6) is -0.439. The van der Waals surface area contributed by atoms with Gasteiger partial charge in [-0.15, -0.1) is 11.8 Å². The SMILES string of the molecule is Cc1ccc(Cl)cc1NC(=O)CSc1cc(F)ccc1N. The molecule has 0 bridgehead atoms. The van der Waals surface area contributed by atoms with E-state index in [1.807, 2.05) is 13.0 Å². The van der Waals surface area contributed by atoms with E-state index in [4.69, 9.17) is 17.3 Å². The fourth-order valence-corrected chi connectivity index (χ4v) is 2.65. The smallest absolute Gasteiger partial charge is 0.234 e. The van der Waals surface area contributed by atoms with Crippen LogP contribution in [0.5, 0.6) is 0 Å². The molecule has 2 aromatic carbocycles. The van der Waals surface area contributed by atoms with Crippen LogP contribution in [0.1, 0.15) is 5.56 Å². The third-order valence-electron chi connectivity index (χ3n) is 2.81. The maximum atomic E-state index is 13.1. The number of nitrogens with one attached hydrogen (secondary N) is 1. The van der Waals surface area contributed by atoms with Gasteiger partial charge >= 0.3 is 0 Å². The van der Waals surface area contributed by atoms with Gasteiger partial charge in [0, 0.05) is 21.3 Å². The molecule has 3 N–H and O–H groups in total. The lowest BCUT2D eigenvalue weighted by Crippen LogP contribution is -2.15. The number of rotatable bonds is 4. The van der Waals surface area contributed by atoms with Crippen LogP contribution in [0, 0.1) is 12.7 Å². The minimum absolute atomic E-state index is 0.138. The summed E-state index contributed by atoms with van der Waals surface area (Å²) in [6, 6.07) is 9.36. The Morgan fingerprint density at radius 3 is 2.86 bits per heavy atom. The summed E-state index contributed by atoms with van der Waals surface area (Å²) in [6.45, 7) is 1.88. The lowest BCUT2D eigenvalue weighted by molar-refractivity contribution is -0.113. The number of nitrogen functional groups attached to an aromatic ring is 1. The van der Waals surface area contributed by atoms with Gasteiger partial charge in [-0.25, -0.2) is 4.39 Å². The highest BCUT2D eigenvalue weighted by atomic mass is 35.5. The van der Waals surface area contributed by atoms with Crippen molar-refractivity contribution in [1.82, 2.24) is 0 Å². The fourth-order valence-electron chi connectivity index (χ4n) is 1.69. The molecule has 110 valence electrons. The highest BCUT2D eigenvalue weighted by Gasteiger charge is 2.08. The summed E-state index contributed by atoms with van der Waals surface area (Å²) in [6.07, 6.45) is 0. The number of hydrogen-bond acceptors (Lipinski definition) is 3. The molecule has 6 heteroatoms. The van der Waals surface area contributed by atoms with Crippen molar-refractivity contribution in [2.75, 3.05) is 16.8 Å². The largest absolute Gasteiger partial charge is 0.398 e. The Hall–Kier alpha value is -1.72. The van der Waals surface area contributed by atoms with Gasteiger partial charge < -0.3 is 11.1 Å². The molecule has 0 atom stereocenters. The molecule has 0 unspecified atom stereocenters. The monoisotopic (exact) mass is 324 g/mol. The van der Waals surface area contributed by atoms with Crippen LogP contribution in [0.2, 0.25) is 5.02 Å². The molecular formula is C15H14ClFN2OS. The molecule has 0 aromatic heterocycles. The first-order valence-electron chi connectivity index (χ1n) is 6.19. The molecule has 0 aliphatic heterocycles. The van der Waals surface area contributed by atoms with Crippen LogP contribution >= 0.6 is 23.4 Å². The Bertz CT molecular complexity index is 679. The van der Waals surface area contributed by atoms with E-state index in [9.17, 15) is 9.18 Å². The topological polar surface area (TPSA) is 55.1 Å². The van der Waals surface area contributed by atoms with Gasteiger partial charge in [0.1, 0.15) is 5.82 Å². The average molecular weight is 325 g/mol. The second-order valence-electron chi connectivity index (χ2n) is 4.48. The first-order chi connectivity index (χ1) is 9.95. The van der Waals surface area contributed by atoms with Crippen molar-refractivity contribution in [2.45, 2.75) is 11.8 Å². The van der Waals surface area contributed by atoms with Crippen molar-refractivity contribution in [1.29, 1.82) is 0 Å². The van der Waals surface area contributed by atoms with Gasteiger partial charge in [0.25, 0.3) is 0 Å². The third kappa shape index (κ3) is 4.37. The number of thioether (sulfide) groups is 1. The molecule has 2 aromatic rings. The number of benzene rings is 2. The number of aryl methyl sites for hydroxylation is 1. The first kappa shape index (κ1) is 15.7. The van der Waals surface area contributed by atoms with Gasteiger partial charge in [-0.1, -0.05) is 17.7 Å². The Morgan fingerprint density at radius 2 is 2.10 bits per heavy atom. The summed E-state index contributed by atoms with van der Waals surface area (Å²) in [5.41, 5.74) is 7.77. The van der Waals surface area contributed by atoms with Gasteiger partial charge in [0.15, 0.2) is 0 Å². The fraction of sp³-hybridized carbons (Fsp3) is 0.133. The predicted molar refractivity (Wildman–Crippen MR) is 86.4 cm³/mol. The lowest BCUT2D eigenvalue weighted by Gasteiger charge is -2.09. The minimum Gasteiger partial charge on any atom is -0.398 e. The molecule has 0 aliphatic carbocycles. The van der Waals surface area contributed by atoms with Gasteiger partial charge in [-0.2, -0.15) is 0 Å². The molecule has 1 amide bonds. The summed E-state index contributed by atoms with van der Waals surface area (Å²) < 4.78 is 13.1. The number of anilines is 2. The molecule has 0 fully saturated rings. The van der Waals surface area contributed by atoms with Crippen LogP contribution in [0.15, 0.2) is 41.3 Å². The number of carbonyl (C=O) groups excluding carboxylic acids is 1. The van der Waals surface area contributed by atoms with E-state index < -0.39 is 0 Å². The summed E-state index contributed by atoms with van der Waals surface area (Å²) >= 11 is 7.09. The van der Waals surface area contributed by atoms with E-state index in [2.05, 4.69) is 5.32 Å². The highest BCUT2D eigenvalue weighted by molar-refractivity contribution is 8.00. The second-order valence-corrected chi connectivity index (χ2v) is 5.93. The van der Waals surface area contributed by atoms with Crippen molar-refractivity contribution in [3.63, 3.8) is 0 Å². The standard InChI is InChI=1S/C15H14ClFN2OS/c1-9-2-3-10(16)6-13(9)19-15(20)8-21-14-7-11(17)4-5-12(14)18/h2-7H,8,18H2,1H3,(H,19,20). The number of nitrogens with two attached hydrogens (primary N) is 1. The second kappa shape index (κ2) is 6.83.